The van der Waals surface area contributed by atoms with Gasteiger partial charge in [-0.2, -0.15) is 0 Å². The van der Waals surface area contributed by atoms with E-state index in [1.165, 1.54) is 6.92 Å². The Morgan fingerprint density at radius 2 is 2.26 bits per heavy atom. The van der Waals surface area contributed by atoms with Crippen molar-refractivity contribution < 1.29 is 28.9 Å². The maximum Gasteiger partial charge on any atom is 0.338 e. The van der Waals surface area contributed by atoms with Crippen LogP contribution in [0.25, 0.3) is 0 Å². The molecule has 0 amide bonds. The summed E-state index contributed by atoms with van der Waals surface area (Å²) >= 11 is 0. The minimum absolute atomic E-state index is 0.177. The first-order chi connectivity index (χ1) is 10.8. The summed E-state index contributed by atoms with van der Waals surface area (Å²) in [6, 6.07) is 0. The van der Waals surface area contributed by atoms with Gasteiger partial charge >= 0.3 is 11.9 Å². The number of allylic oxidation sites excluding steroid dienone is 1. The molecule has 0 aromatic carbocycles. The second-order valence-electron chi connectivity index (χ2n) is 6.70. The molecule has 2 heterocycles. The first kappa shape index (κ1) is 16.2. The second kappa shape index (κ2) is 5.76. The minimum Gasteiger partial charge on any atom is -0.461 e. The number of epoxide rings is 1. The number of ether oxygens (including phenoxy) is 3. The average molecular weight is 322 g/mol. The lowest BCUT2D eigenvalue weighted by atomic mass is 9.87. The van der Waals surface area contributed by atoms with Crippen LogP contribution < -0.4 is 0 Å². The van der Waals surface area contributed by atoms with Crippen LogP contribution in [0.2, 0.25) is 0 Å². The van der Waals surface area contributed by atoms with Gasteiger partial charge in [-0.05, 0) is 33.1 Å². The van der Waals surface area contributed by atoms with Crippen molar-refractivity contribution in [2.75, 3.05) is 6.61 Å². The second-order valence-corrected chi connectivity index (χ2v) is 6.70. The predicted octanol–water partition coefficient (Wildman–Crippen LogP) is 1.42. The summed E-state index contributed by atoms with van der Waals surface area (Å²) in [6.07, 6.45) is 2.53. The number of hydrogen-bond donors (Lipinski definition) is 1. The lowest BCUT2D eigenvalue weighted by Crippen LogP contribution is -2.30. The van der Waals surface area contributed by atoms with Crippen molar-refractivity contribution in [3.63, 3.8) is 0 Å². The highest BCUT2D eigenvalue weighted by Gasteiger charge is 2.61. The quantitative estimate of drug-likeness (QED) is 0.470. The molecule has 0 aromatic rings. The molecule has 6 nitrogen and oxygen atoms in total. The lowest BCUT2D eigenvalue weighted by molar-refractivity contribution is -0.143. The van der Waals surface area contributed by atoms with Crippen molar-refractivity contribution in [3.8, 4) is 0 Å². The standard InChI is InChI=1S/C17H22O6/c1-9-5-4-6-17(3)15(23-17)14-13(12(19)7-9)11(16(20)22-14)8-21-10(2)18/h5,12,14-15,19H,4,6-8H2,1-3H3. The number of hydrogen-bond acceptors (Lipinski definition) is 6. The average Bonchev–Trinajstić information content (AvgIpc) is 3.00. The van der Waals surface area contributed by atoms with Crippen LogP contribution in [0.4, 0.5) is 0 Å². The molecule has 126 valence electrons. The fourth-order valence-electron chi connectivity index (χ4n) is 3.41. The van der Waals surface area contributed by atoms with E-state index in [0.29, 0.717) is 12.0 Å². The van der Waals surface area contributed by atoms with Gasteiger partial charge in [0.25, 0.3) is 0 Å². The van der Waals surface area contributed by atoms with Crippen LogP contribution >= 0.6 is 0 Å². The van der Waals surface area contributed by atoms with Gasteiger partial charge in [0.2, 0.25) is 0 Å². The Morgan fingerprint density at radius 3 is 2.96 bits per heavy atom. The normalized spacial score (nSPS) is 36.6. The Morgan fingerprint density at radius 1 is 1.52 bits per heavy atom. The molecule has 0 aromatic heterocycles. The molecule has 1 aliphatic carbocycles. The van der Waals surface area contributed by atoms with Crippen molar-refractivity contribution in [1.29, 1.82) is 0 Å². The third-order valence-electron chi connectivity index (χ3n) is 4.78. The molecule has 3 rings (SSSR count). The Bertz CT molecular complexity index is 604. The molecule has 1 N–H and O–H groups in total. The van der Waals surface area contributed by atoms with Crippen LogP contribution in [0.5, 0.6) is 0 Å². The molecule has 2 aliphatic heterocycles. The smallest absolute Gasteiger partial charge is 0.338 e. The van der Waals surface area contributed by atoms with E-state index in [9.17, 15) is 14.7 Å². The zero-order chi connectivity index (χ0) is 16.8. The maximum absolute atomic E-state index is 12.2. The van der Waals surface area contributed by atoms with E-state index >= 15 is 0 Å². The SMILES string of the molecule is CC(=O)OCC1=C2C(O)CC(C)=CCCC3(C)OC3C2OC1=O. The van der Waals surface area contributed by atoms with Gasteiger partial charge in [-0.15, -0.1) is 0 Å². The van der Waals surface area contributed by atoms with Crippen LogP contribution in [-0.4, -0.2) is 47.6 Å². The van der Waals surface area contributed by atoms with Gasteiger partial charge < -0.3 is 19.3 Å². The summed E-state index contributed by atoms with van der Waals surface area (Å²) in [5, 5.41) is 10.6. The molecule has 1 saturated heterocycles. The minimum atomic E-state index is -0.847. The number of esters is 2. The van der Waals surface area contributed by atoms with Crippen molar-refractivity contribution in [2.24, 2.45) is 0 Å². The Hall–Kier alpha value is -1.66. The van der Waals surface area contributed by atoms with Crippen LogP contribution in [0.3, 0.4) is 0 Å². The van der Waals surface area contributed by atoms with Crippen LogP contribution in [0.1, 0.15) is 40.0 Å². The summed E-state index contributed by atoms with van der Waals surface area (Å²) in [5.74, 6) is -1.02. The third kappa shape index (κ3) is 3.05. The van der Waals surface area contributed by atoms with Crippen LogP contribution in [-0.2, 0) is 23.8 Å². The van der Waals surface area contributed by atoms with Crippen LogP contribution in [0.15, 0.2) is 22.8 Å². The molecule has 0 radical (unpaired) electrons. The van der Waals surface area contributed by atoms with Gasteiger partial charge in [0.15, 0.2) is 6.10 Å². The number of carbonyl (C=O) groups is 2. The number of rotatable bonds is 2. The number of fused-ring (bicyclic) bond motifs is 3. The van der Waals surface area contributed by atoms with Crippen molar-refractivity contribution in [3.05, 3.63) is 22.8 Å². The van der Waals surface area contributed by atoms with Gasteiger partial charge in [0.1, 0.15) is 12.7 Å². The topological polar surface area (TPSA) is 85.4 Å². The highest BCUT2D eigenvalue weighted by Crippen LogP contribution is 2.48. The molecule has 23 heavy (non-hydrogen) atoms. The molecule has 4 atom stereocenters. The Labute approximate surface area is 135 Å². The predicted molar refractivity (Wildman–Crippen MR) is 80.4 cm³/mol. The molecule has 6 heteroatoms. The number of aliphatic hydroxyl groups excluding tert-OH is 1. The van der Waals surface area contributed by atoms with Gasteiger partial charge in [-0.1, -0.05) is 11.6 Å². The fraction of sp³-hybridized carbons (Fsp3) is 0.647. The molecule has 4 unspecified atom stereocenters. The molecule has 1 fully saturated rings. The van der Waals surface area contributed by atoms with Gasteiger partial charge in [0.05, 0.1) is 17.3 Å². The molecule has 3 aliphatic rings. The largest absolute Gasteiger partial charge is 0.461 e. The van der Waals surface area contributed by atoms with Crippen molar-refractivity contribution in [1.82, 2.24) is 0 Å². The Kier molecular flexibility index (Phi) is 4.06. The number of carbonyl (C=O) groups excluding carboxylic acids is 2. The maximum atomic E-state index is 12.2. The first-order valence-corrected chi connectivity index (χ1v) is 7.90. The van der Waals surface area contributed by atoms with E-state index in [4.69, 9.17) is 14.2 Å². The Balaban J connectivity index is 1.96. The van der Waals surface area contributed by atoms with Crippen molar-refractivity contribution >= 4 is 11.9 Å². The zero-order valence-electron chi connectivity index (χ0n) is 13.6. The van der Waals surface area contributed by atoms with E-state index in [1.54, 1.807) is 0 Å². The van der Waals surface area contributed by atoms with Crippen LogP contribution in [0, 0.1) is 0 Å². The summed E-state index contributed by atoms with van der Waals surface area (Å²) in [7, 11) is 0. The van der Waals surface area contributed by atoms with E-state index in [1.807, 2.05) is 13.8 Å². The third-order valence-corrected chi connectivity index (χ3v) is 4.78. The summed E-state index contributed by atoms with van der Waals surface area (Å²) in [5.41, 5.74) is 1.45. The summed E-state index contributed by atoms with van der Waals surface area (Å²) in [6.45, 7) is 5.05. The van der Waals surface area contributed by atoms with E-state index in [-0.39, 0.29) is 23.9 Å². The van der Waals surface area contributed by atoms with Gasteiger partial charge in [0, 0.05) is 12.5 Å². The van der Waals surface area contributed by atoms with Gasteiger partial charge in [-0.25, -0.2) is 4.79 Å². The number of aliphatic hydroxyl groups is 1. The zero-order valence-corrected chi connectivity index (χ0v) is 13.6. The van der Waals surface area contributed by atoms with E-state index in [0.717, 1.165) is 18.4 Å². The summed E-state index contributed by atoms with van der Waals surface area (Å²) in [4.78, 5) is 23.2. The highest BCUT2D eigenvalue weighted by atomic mass is 16.6. The van der Waals surface area contributed by atoms with Gasteiger partial charge in [-0.3, -0.25) is 4.79 Å². The van der Waals surface area contributed by atoms with E-state index in [2.05, 4.69) is 6.08 Å². The lowest BCUT2D eigenvalue weighted by Gasteiger charge is -2.21. The van der Waals surface area contributed by atoms with Crippen molar-refractivity contribution in [2.45, 2.75) is 63.9 Å². The summed E-state index contributed by atoms with van der Waals surface area (Å²) < 4.78 is 16.2. The molecular formula is C17H22O6. The highest BCUT2D eigenvalue weighted by molar-refractivity contribution is 5.93. The molecule has 0 spiro atoms. The molecule has 0 bridgehead atoms. The van der Waals surface area contributed by atoms with E-state index < -0.39 is 24.1 Å². The fourth-order valence-corrected chi connectivity index (χ4v) is 3.41. The molecular weight excluding hydrogens is 300 g/mol. The molecule has 0 saturated carbocycles. The first-order valence-electron chi connectivity index (χ1n) is 7.90. The monoisotopic (exact) mass is 322 g/mol.